The van der Waals surface area contributed by atoms with Crippen LogP contribution in [0.2, 0.25) is 0 Å². The van der Waals surface area contributed by atoms with Crippen LogP contribution in [0.15, 0.2) is 0 Å². The van der Waals surface area contributed by atoms with E-state index in [4.69, 9.17) is 9.47 Å². The van der Waals surface area contributed by atoms with Crippen LogP contribution in [0.25, 0.3) is 0 Å². The molecule has 8 heteroatoms. The Morgan fingerprint density at radius 3 is 2.65 bits per heavy atom. The second kappa shape index (κ2) is 7.93. The minimum atomic E-state index is -0.587. The van der Waals surface area contributed by atoms with E-state index in [0.717, 1.165) is 11.3 Å². The Bertz CT molecular complexity index is 474. The Hall–Kier alpha value is -1.51. The van der Waals surface area contributed by atoms with Crippen molar-refractivity contribution in [1.29, 1.82) is 0 Å². The van der Waals surface area contributed by atoms with Crippen molar-refractivity contribution in [2.24, 2.45) is 0 Å². The molecule has 0 saturated heterocycles. The fourth-order valence-corrected chi connectivity index (χ4v) is 2.31. The van der Waals surface area contributed by atoms with Crippen molar-refractivity contribution in [3.8, 4) is 0 Å². The Morgan fingerprint density at radius 2 is 2.10 bits per heavy atom. The normalized spacial score (nSPS) is 12.0. The Labute approximate surface area is 121 Å². The zero-order valence-corrected chi connectivity index (χ0v) is 12.7. The molecule has 0 aliphatic rings. The van der Waals surface area contributed by atoms with E-state index < -0.39 is 12.1 Å². The first-order chi connectivity index (χ1) is 9.53. The lowest BCUT2D eigenvalue weighted by Crippen LogP contribution is -2.27. The predicted molar refractivity (Wildman–Crippen MR) is 73.9 cm³/mol. The number of nitrogens with zero attached hydrogens (tertiary/aromatic N) is 1. The summed E-state index contributed by atoms with van der Waals surface area (Å²) in [6.07, 6.45) is -0.587. The van der Waals surface area contributed by atoms with Gasteiger partial charge in [-0.05, 0) is 13.8 Å². The number of thiazole rings is 1. The lowest BCUT2D eigenvalue weighted by atomic mass is 10.4. The minimum Gasteiger partial charge on any atom is -0.465 e. The van der Waals surface area contributed by atoms with Crippen LogP contribution in [-0.4, -0.2) is 43.8 Å². The van der Waals surface area contributed by atoms with Gasteiger partial charge in [0.25, 0.3) is 5.91 Å². The third-order valence-corrected chi connectivity index (χ3v) is 3.36. The molecule has 1 rings (SSSR count). The largest absolute Gasteiger partial charge is 0.465 e. The lowest BCUT2D eigenvalue weighted by Gasteiger charge is -2.09. The van der Waals surface area contributed by atoms with Crippen LogP contribution in [0.3, 0.4) is 0 Å². The number of esters is 1. The van der Waals surface area contributed by atoms with Crippen molar-refractivity contribution in [1.82, 2.24) is 4.98 Å². The van der Waals surface area contributed by atoms with E-state index in [9.17, 15) is 9.59 Å². The van der Waals surface area contributed by atoms with Crippen LogP contribution in [0, 0.1) is 0 Å². The summed E-state index contributed by atoms with van der Waals surface area (Å²) in [7, 11) is 2.78. The van der Waals surface area contributed by atoms with Gasteiger partial charge in [0, 0.05) is 13.7 Å². The van der Waals surface area contributed by atoms with E-state index in [1.807, 2.05) is 0 Å². The number of methoxy groups -OCH3 is 2. The van der Waals surface area contributed by atoms with Crippen molar-refractivity contribution < 1.29 is 23.8 Å². The molecule has 1 amide bonds. The molecule has 1 aromatic heterocycles. The zero-order chi connectivity index (χ0) is 15.1. The topological polar surface area (TPSA) is 86.8 Å². The fourth-order valence-electron chi connectivity index (χ4n) is 1.42. The van der Waals surface area contributed by atoms with Gasteiger partial charge in [-0.3, -0.25) is 10.1 Å². The molecule has 0 radical (unpaired) electrons. The molecule has 7 nitrogen and oxygen atoms in total. The molecular weight excluding hydrogens is 284 g/mol. The van der Waals surface area contributed by atoms with Gasteiger partial charge in [-0.2, -0.15) is 0 Å². The number of hydrogen-bond donors (Lipinski definition) is 1. The fraction of sp³-hybridized carbons (Fsp3) is 0.583. The van der Waals surface area contributed by atoms with Gasteiger partial charge in [0.05, 0.1) is 19.4 Å². The van der Waals surface area contributed by atoms with Gasteiger partial charge in [0.1, 0.15) is 11.0 Å². The van der Waals surface area contributed by atoms with E-state index in [1.165, 1.54) is 14.2 Å². The highest BCUT2D eigenvalue weighted by Gasteiger charge is 2.21. The molecule has 1 aromatic rings. The second-order valence-corrected chi connectivity index (χ2v) is 4.81. The third kappa shape index (κ3) is 4.26. The second-order valence-electron chi connectivity index (χ2n) is 3.81. The molecule has 0 bridgehead atoms. The summed E-state index contributed by atoms with van der Waals surface area (Å²) in [5.74, 6) is -0.825. The molecule has 1 heterocycles. The average Bonchev–Trinajstić information content (AvgIpc) is 2.81. The third-order valence-electron chi connectivity index (χ3n) is 2.37. The van der Waals surface area contributed by atoms with Gasteiger partial charge in [0.15, 0.2) is 5.13 Å². The maximum Gasteiger partial charge on any atom is 0.350 e. The van der Waals surface area contributed by atoms with Gasteiger partial charge in [0.2, 0.25) is 0 Å². The first-order valence-corrected chi connectivity index (χ1v) is 6.84. The monoisotopic (exact) mass is 302 g/mol. The summed E-state index contributed by atoms with van der Waals surface area (Å²) in [6.45, 7) is 4.05. The molecule has 0 fully saturated rings. The minimum absolute atomic E-state index is 0.165. The van der Waals surface area contributed by atoms with E-state index in [0.29, 0.717) is 22.3 Å². The van der Waals surface area contributed by atoms with Gasteiger partial charge in [-0.15, -0.1) is 0 Å². The molecule has 0 aliphatic carbocycles. The van der Waals surface area contributed by atoms with Crippen LogP contribution in [0.5, 0.6) is 0 Å². The molecule has 0 aliphatic heterocycles. The van der Waals surface area contributed by atoms with E-state index in [1.54, 1.807) is 13.8 Å². The Morgan fingerprint density at radius 1 is 1.40 bits per heavy atom. The lowest BCUT2D eigenvalue weighted by molar-refractivity contribution is -0.126. The summed E-state index contributed by atoms with van der Waals surface area (Å²) in [6, 6.07) is 0. The number of hydrogen-bond acceptors (Lipinski definition) is 7. The number of nitrogens with one attached hydrogen (secondary N) is 1. The molecule has 0 saturated carbocycles. The van der Waals surface area contributed by atoms with Crippen LogP contribution < -0.4 is 5.32 Å². The first-order valence-electron chi connectivity index (χ1n) is 6.02. The maximum atomic E-state index is 11.8. The first kappa shape index (κ1) is 16.5. The maximum absolute atomic E-state index is 11.8. The predicted octanol–water partition coefficient (Wildman–Crippen LogP) is 1.44. The summed E-state index contributed by atoms with van der Waals surface area (Å²) in [5, 5.41) is 2.92. The Balaban J connectivity index is 2.86. The number of carbonyl (C=O) groups excluding carboxylic acids is 2. The molecule has 20 heavy (non-hydrogen) atoms. The molecule has 1 N–H and O–H groups in total. The number of rotatable bonds is 7. The van der Waals surface area contributed by atoms with Gasteiger partial charge >= 0.3 is 5.97 Å². The molecule has 0 spiro atoms. The standard InChI is InChI=1S/C12H18N2O5S/c1-5-19-7(2)10(15)14-12-13-8(6-17-3)9(20-12)11(16)18-4/h7H,5-6H2,1-4H3,(H,13,14,15)/t7-/m0/s1. The average molecular weight is 302 g/mol. The molecular formula is C12H18N2O5S. The number of anilines is 1. The number of ether oxygens (including phenoxy) is 3. The molecule has 112 valence electrons. The van der Waals surface area contributed by atoms with Crippen molar-refractivity contribution >= 4 is 28.3 Å². The number of amides is 1. The van der Waals surface area contributed by atoms with E-state index in [-0.39, 0.29) is 12.5 Å². The highest BCUT2D eigenvalue weighted by atomic mass is 32.1. The zero-order valence-electron chi connectivity index (χ0n) is 11.9. The summed E-state index contributed by atoms with van der Waals surface area (Å²) >= 11 is 1.04. The molecule has 1 atom stereocenters. The van der Waals surface area contributed by atoms with Gasteiger partial charge in [-0.1, -0.05) is 11.3 Å². The van der Waals surface area contributed by atoms with Crippen molar-refractivity contribution in [3.63, 3.8) is 0 Å². The van der Waals surface area contributed by atoms with Crippen LogP contribution in [0.1, 0.15) is 29.2 Å². The SMILES string of the molecule is CCO[C@@H](C)C(=O)Nc1nc(COC)c(C(=O)OC)s1. The van der Waals surface area contributed by atoms with Crippen molar-refractivity contribution in [3.05, 3.63) is 10.6 Å². The van der Waals surface area contributed by atoms with Crippen LogP contribution in [-0.2, 0) is 25.6 Å². The van der Waals surface area contributed by atoms with Gasteiger partial charge < -0.3 is 14.2 Å². The molecule has 0 aromatic carbocycles. The highest BCUT2D eigenvalue weighted by Crippen LogP contribution is 2.24. The number of carbonyl (C=O) groups is 2. The summed E-state index contributed by atoms with van der Waals surface area (Å²) < 4.78 is 14.8. The van der Waals surface area contributed by atoms with Crippen molar-refractivity contribution in [2.45, 2.75) is 26.6 Å². The number of aromatic nitrogens is 1. The smallest absolute Gasteiger partial charge is 0.350 e. The highest BCUT2D eigenvalue weighted by molar-refractivity contribution is 7.17. The quantitative estimate of drug-likeness (QED) is 0.767. The van der Waals surface area contributed by atoms with E-state index >= 15 is 0 Å². The van der Waals surface area contributed by atoms with Gasteiger partial charge in [-0.25, -0.2) is 9.78 Å². The Kier molecular flexibility index (Phi) is 6.56. The molecule has 0 unspecified atom stereocenters. The van der Waals surface area contributed by atoms with E-state index in [2.05, 4.69) is 15.0 Å². The summed E-state index contributed by atoms with van der Waals surface area (Å²) in [4.78, 5) is 27.9. The van der Waals surface area contributed by atoms with Crippen LogP contribution >= 0.6 is 11.3 Å². The summed E-state index contributed by atoms with van der Waals surface area (Å²) in [5.41, 5.74) is 0.434. The van der Waals surface area contributed by atoms with Crippen molar-refractivity contribution in [2.75, 3.05) is 26.1 Å². The van der Waals surface area contributed by atoms with Crippen LogP contribution in [0.4, 0.5) is 5.13 Å².